The minimum atomic E-state index is -3.39. The van der Waals surface area contributed by atoms with E-state index in [1.54, 1.807) is 0 Å². The van der Waals surface area contributed by atoms with Gasteiger partial charge in [-0.1, -0.05) is 18.5 Å². The van der Waals surface area contributed by atoms with Crippen LogP contribution in [0, 0.1) is 0 Å². The van der Waals surface area contributed by atoms with Crippen LogP contribution in [-0.4, -0.2) is 26.6 Å². The van der Waals surface area contributed by atoms with E-state index in [4.69, 9.17) is 11.6 Å². The van der Waals surface area contributed by atoms with Crippen LogP contribution in [0.4, 0.5) is 5.69 Å². The Kier molecular flexibility index (Phi) is 5.20. The van der Waals surface area contributed by atoms with Gasteiger partial charge in [-0.05, 0) is 31.5 Å². The number of nitrogens with one attached hydrogen (secondary N) is 2. The normalized spacial score (nSPS) is 12.8. The maximum atomic E-state index is 11.9. The fourth-order valence-corrected chi connectivity index (χ4v) is 2.21. The van der Waals surface area contributed by atoms with Crippen LogP contribution in [0.5, 0.6) is 0 Å². The smallest absolute Gasteiger partial charge is 0.251 e. The summed E-state index contributed by atoms with van der Waals surface area (Å²) in [6.45, 7) is 3.87. The van der Waals surface area contributed by atoms with Crippen molar-refractivity contribution in [2.75, 3.05) is 11.0 Å². The van der Waals surface area contributed by atoms with Crippen LogP contribution in [0.1, 0.15) is 30.6 Å². The molecule has 0 fully saturated rings. The Hall–Kier alpha value is -1.27. The summed E-state index contributed by atoms with van der Waals surface area (Å²) in [6, 6.07) is 4.50. The van der Waals surface area contributed by atoms with E-state index < -0.39 is 10.0 Å². The van der Waals surface area contributed by atoms with Crippen molar-refractivity contribution < 1.29 is 13.2 Å². The molecule has 0 radical (unpaired) electrons. The highest BCUT2D eigenvalue weighted by molar-refractivity contribution is 7.92. The lowest BCUT2D eigenvalue weighted by atomic mass is 10.1. The summed E-state index contributed by atoms with van der Waals surface area (Å²) < 4.78 is 24.5. The Balaban J connectivity index is 2.91. The van der Waals surface area contributed by atoms with Crippen molar-refractivity contribution >= 4 is 33.2 Å². The third-order valence-electron chi connectivity index (χ3n) is 2.52. The molecular formula is C12H17ClN2O3S. The summed E-state index contributed by atoms with van der Waals surface area (Å²) in [4.78, 5) is 11.9. The predicted octanol–water partition coefficient (Wildman–Crippen LogP) is 2.24. The quantitative estimate of drug-likeness (QED) is 0.876. The molecule has 1 aromatic carbocycles. The SMILES string of the molecule is CCC(C)NC(=O)c1ccc(NS(C)(=O)=O)c(Cl)c1. The van der Waals surface area contributed by atoms with E-state index >= 15 is 0 Å². The number of benzene rings is 1. The molecule has 1 amide bonds. The van der Waals surface area contributed by atoms with Gasteiger partial charge in [0.05, 0.1) is 17.0 Å². The molecule has 19 heavy (non-hydrogen) atoms. The average Bonchev–Trinajstić information content (AvgIpc) is 2.29. The second kappa shape index (κ2) is 6.25. The Labute approximate surface area is 118 Å². The van der Waals surface area contributed by atoms with Crippen molar-refractivity contribution in [3.05, 3.63) is 28.8 Å². The van der Waals surface area contributed by atoms with Gasteiger partial charge >= 0.3 is 0 Å². The molecule has 0 bridgehead atoms. The van der Waals surface area contributed by atoms with E-state index in [9.17, 15) is 13.2 Å². The van der Waals surface area contributed by atoms with Crippen molar-refractivity contribution in [2.24, 2.45) is 0 Å². The van der Waals surface area contributed by atoms with Gasteiger partial charge in [0.15, 0.2) is 0 Å². The molecule has 1 atom stereocenters. The molecule has 1 rings (SSSR count). The van der Waals surface area contributed by atoms with Crippen LogP contribution in [0.2, 0.25) is 5.02 Å². The molecule has 0 aliphatic rings. The number of rotatable bonds is 5. The van der Waals surface area contributed by atoms with E-state index in [-0.39, 0.29) is 22.7 Å². The number of carbonyl (C=O) groups is 1. The number of halogens is 1. The lowest BCUT2D eigenvalue weighted by Crippen LogP contribution is -2.31. The zero-order valence-electron chi connectivity index (χ0n) is 11.0. The van der Waals surface area contributed by atoms with Gasteiger partial charge in [-0.2, -0.15) is 0 Å². The Morgan fingerprint density at radius 2 is 2.05 bits per heavy atom. The van der Waals surface area contributed by atoms with Crippen LogP contribution in [0.15, 0.2) is 18.2 Å². The number of hydrogen-bond donors (Lipinski definition) is 2. The Morgan fingerprint density at radius 1 is 1.42 bits per heavy atom. The van der Waals surface area contributed by atoms with Gasteiger partial charge in [-0.15, -0.1) is 0 Å². The van der Waals surface area contributed by atoms with Gasteiger partial charge in [-0.3, -0.25) is 9.52 Å². The molecule has 0 aliphatic carbocycles. The van der Waals surface area contributed by atoms with Crippen LogP contribution in [-0.2, 0) is 10.0 Å². The minimum absolute atomic E-state index is 0.0695. The molecule has 2 N–H and O–H groups in total. The summed E-state index contributed by atoms with van der Waals surface area (Å²) in [5.41, 5.74) is 0.647. The zero-order valence-corrected chi connectivity index (χ0v) is 12.6. The molecular weight excluding hydrogens is 288 g/mol. The van der Waals surface area contributed by atoms with Crippen molar-refractivity contribution in [3.8, 4) is 0 Å². The lowest BCUT2D eigenvalue weighted by molar-refractivity contribution is 0.0939. The first-order valence-electron chi connectivity index (χ1n) is 5.81. The maximum Gasteiger partial charge on any atom is 0.251 e. The second-order valence-corrected chi connectivity index (χ2v) is 6.51. The Bertz CT molecular complexity index is 572. The average molecular weight is 305 g/mol. The summed E-state index contributed by atoms with van der Waals surface area (Å²) in [7, 11) is -3.39. The second-order valence-electron chi connectivity index (χ2n) is 4.35. The molecule has 0 saturated carbocycles. The largest absolute Gasteiger partial charge is 0.350 e. The molecule has 1 aromatic rings. The number of amides is 1. The summed E-state index contributed by atoms with van der Waals surface area (Å²) >= 11 is 5.94. The molecule has 106 valence electrons. The van der Waals surface area contributed by atoms with E-state index in [1.165, 1.54) is 18.2 Å². The summed E-state index contributed by atoms with van der Waals surface area (Å²) in [5, 5.41) is 2.99. The van der Waals surface area contributed by atoms with Crippen LogP contribution in [0.25, 0.3) is 0 Å². The van der Waals surface area contributed by atoms with Gasteiger partial charge in [0.2, 0.25) is 10.0 Å². The third kappa shape index (κ3) is 5.08. The maximum absolute atomic E-state index is 11.9. The molecule has 5 nitrogen and oxygen atoms in total. The number of anilines is 1. The van der Waals surface area contributed by atoms with Gasteiger partial charge in [0, 0.05) is 11.6 Å². The Morgan fingerprint density at radius 3 is 2.53 bits per heavy atom. The molecule has 0 saturated heterocycles. The van der Waals surface area contributed by atoms with E-state index in [0.717, 1.165) is 12.7 Å². The summed E-state index contributed by atoms with van der Waals surface area (Å²) in [6.07, 6.45) is 1.86. The number of carbonyl (C=O) groups excluding carboxylic acids is 1. The first-order valence-corrected chi connectivity index (χ1v) is 8.08. The molecule has 0 spiro atoms. The standard InChI is InChI=1S/C12H17ClN2O3S/c1-4-8(2)14-12(16)9-5-6-11(10(13)7-9)15-19(3,17)18/h5-8,15H,4H2,1-3H3,(H,14,16). The molecule has 0 heterocycles. The van der Waals surface area contributed by atoms with E-state index in [0.29, 0.717) is 5.56 Å². The van der Waals surface area contributed by atoms with Crippen LogP contribution in [0.3, 0.4) is 0 Å². The van der Waals surface area contributed by atoms with Crippen molar-refractivity contribution in [2.45, 2.75) is 26.3 Å². The van der Waals surface area contributed by atoms with Crippen molar-refractivity contribution in [3.63, 3.8) is 0 Å². The first kappa shape index (κ1) is 15.8. The van der Waals surface area contributed by atoms with E-state index in [2.05, 4.69) is 10.0 Å². The van der Waals surface area contributed by atoms with Gasteiger partial charge < -0.3 is 5.32 Å². The van der Waals surface area contributed by atoms with E-state index in [1.807, 2.05) is 13.8 Å². The predicted molar refractivity (Wildman–Crippen MR) is 77.1 cm³/mol. The molecule has 7 heteroatoms. The fourth-order valence-electron chi connectivity index (χ4n) is 1.35. The zero-order chi connectivity index (χ0) is 14.6. The highest BCUT2D eigenvalue weighted by atomic mass is 35.5. The first-order chi connectivity index (χ1) is 8.73. The van der Waals surface area contributed by atoms with Gasteiger partial charge in [-0.25, -0.2) is 8.42 Å². The van der Waals surface area contributed by atoms with Crippen LogP contribution < -0.4 is 10.0 Å². The highest BCUT2D eigenvalue weighted by Gasteiger charge is 2.12. The van der Waals surface area contributed by atoms with Crippen molar-refractivity contribution in [1.82, 2.24) is 5.32 Å². The molecule has 0 aromatic heterocycles. The van der Waals surface area contributed by atoms with Crippen LogP contribution >= 0.6 is 11.6 Å². The monoisotopic (exact) mass is 304 g/mol. The van der Waals surface area contributed by atoms with Crippen molar-refractivity contribution in [1.29, 1.82) is 0 Å². The molecule has 0 aliphatic heterocycles. The summed E-state index contributed by atoms with van der Waals surface area (Å²) in [5.74, 6) is -0.234. The molecule has 1 unspecified atom stereocenters. The highest BCUT2D eigenvalue weighted by Crippen LogP contribution is 2.23. The third-order valence-corrected chi connectivity index (χ3v) is 3.42. The lowest BCUT2D eigenvalue weighted by Gasteiger charge is -2.12. The van der Waals surface area contributed by atoms with Gasteiger partial charge in [0.1, 0.15) is 0 Å². The number of sulfonamides is 1. The topological polar surface area (TPSA) is 75.3 Å². The minimum Gasteiger partial charge on any atom is -0.350 e. The number of hydrogen-bond acceptors (Lipinski definition) is 3. The van der Waals surface area contributed by atoms with Gasteiger partial charge in [0.25, 0.3) is 5.91 Å². The fraction of sp³-hybridized carbons (Fsp3) is 0.417.